The van der Waals surface area contributed by atoms with Crippen LogP contribution in [0.2, 0.25) is 0 Å². The minimum absolute atomic E-state index is 0.279. The van der Waals surface area contributed by atoms with Crippen molar-refractivity contribution in [2.45, 2.75) is 25.9 Å². The predicted molar refractivity (Wildman–Crippen MR) is 66.0 cm³/mol. The van der Waals surface area contributed by atoms with Crippen LogP contribution >= 0.6 is 0 Å². The van der Waals surface area contributed by atoms with Crippen LogP contribution < -0.4 is 14.2 Å². The summed E-state index contributed by atoms with van der Waals surface area (Å²) < 4.78 is 15.9. The van der Waals surface area contributed by atoms with Gasteiger partial charge in [-0.25, -0.2) is 0 Å². The number of ether oxygens (including phenoxy) is 3. The maximum Gasteiger partial charge on any atom is 0.126 e. The van der Waals surface area contributed by atoms with Crippen molar-refractivity contribution < 1.29 is 19.3 Å². The second-order valence-corrected chi connectivity index (χ2v) is 3.89. The number of aliphatic hydroxyl groups excluding tert-OH is 1. The van der Waals surface area contributed by atoms with E-state index < -0.39 is 0 Å². The first-order valence-electron chi connectivity index (χ1n) is 5.69. The highest BCUT2D eigenvalue weighted by atomic mass is 16.5. The maximum absolute atomic E-state index is 9.12. The molecule has 1 aromatic rings. The Bertz CT molecular complexity index is 314. The lowest BCUT2D eigenvalue weighted by Crippen LogP contribution is -2.04. The molecule has 0 fully saturated rings. The molecule has 1 N–H and O–H groups in total. The Kier molecular flexibility index (Phi) is 5.63. The first kappa shape index (κ1) is 13.6. The van der Waals surface area contributed by atoms with Gasteiger partial charge in [0.1, 0.15) is 17.2 Å². The zero-order valence-corrected chi connectivity index (χ0v) is 10.6. The van der Waals surface area contributed by atoms with Crippen LogP contribution in [0.15, 0.2) is 18.2 Å². The minimum atomic E-state index is -0.279. The molecule has 0 aliphatic carbocycles. The standard InChI is InChI=1S/C13H20O4/c1-10(14)5-4-6-17-13-8-11(15-2)7-12(9-13)16-3/h7-10,14H,4-6H2,1-3H3. The lowest BCUT2D eigenvalue weighted by Gasteiger charge is -2.10. The molecule has 0 saturated heterocycles. The van der Waals surface area contributed by atoms with E-state index in [1.165, 1.54) is 0 Å². The summed E-state index contributed by atoms with van der Waals surface area (Å²) in [6, 6.07) is 5.42. The molecule has 0 amide bonds. The van der Waals surface area contributed by atoms with Crippen LogP contribution in [0.4, 0.5) is 0 Å². The van der Waals surface area contributed by atoms with Gasteiger partial charge in [0, 0.05) is 18.2 Å². The van der Waals surface area contributed by atoms with Gasteiger partial charge in [-0.2, -0.15) is 0 Å². The summed E-state index contributed by atoms with van der Waals surface area (Å²) in [4.78, 5) is 0. The van der Waals surface area contributed by atoms with Crippen molar-refractivity contribution in [1.29, 1.82) is 0 Å². The van der Waals surface area contributed by atoms with Crippen molar-refractivity contribution >= 4 is 0 Å². The normalized spacial score (nSPS) is 12.0. The highest BCUT2D eigenvalue weighted by Gasteiger charge is 2.03. The molecule has 0 aromatic heterocycles. The van der Waals surface area contributed by atoms with Crippen molar-refractivity contribution in [1.82, 2.24) is 0 Å². The van der Waals surface area contributed by atoms with Crippen LogP contribution in [-0.2, 0) is 0 Å². The molecule has 1 atom stereocenters. The van der Waals surface area contributed by atoms with Gasteiger partial charge in [-0.05, 0) is 19.8 Å². The molecule has 96 valence electrons. The number of hydrogen-bond acceptors (Lipinski definition) is 4. The highest BCUT2D eigenvalue weighted by Crippen LogP contribution is 2.27. The van der Waals surface area contributed by atoms with Crippen molar-refractivity contribution in [2.24, 2.45) is 0 Å². The topological polar surface area (TPSA) is 47.9 Å². The Hall–Kier alpha value is -1.42. The summed E-state index contributed by atoms with van der Waals surface area (Å²) in [6.07, 6.45) is 1.27. The third-order valence-corrected chi connectivity index (χ3v) is 2.36. The second-order valence-electron chi connectivity index (χ2n) is 3.89. The molecule has 0 spiro atoms. The van der Waals surface area contributed by atoms with E-state index in [9.17, 15) is 0 Å². The summed E-state index contributed by atoms with van der Waals surface area (Å²) in [5.41, 5.74) is 0. The first-order valence-corrected chi connectivity index (χ1v) is 5.69. The van der Waals surface area contributed by atoms with Gasteiger partial charge in [0.2, 0.25) is 0 Å². The molecule has 1 aromatic carbocycles. The SMILES string of the molecule is COc1cc(OC)cc(OCCCC(C)O)c1. The summed E-state index contributed by atoms with van der Waals surface area (Å²) in [6.45, 7) is 2.34. The predicted octanol–water partition coefficient (Wildman–Crippen LogP) is 2.24. The monoisotopic (exact) mass is 240 g/mol. The number of benzene rings is 1. The van der Waals surface area contributed by atoms with Crippen LogP contribution in [0.3, 0.4) is 0 Å². The molecule has 0 aliphatic heterocycles. The van der Waals surface area contributed by atoms with Crippen molar-refractivity contribution in [2.75, 3.05) is 20.8 Å². The van der Waals surface area contributed by atoms with Gasteiger partial charge in [0.05, 0.1) is 26.9 Å². The van der Waals surface area contributed by atoms with Gasteiger partial charge in [0.25, 0.3) is 0 Å². The van der Waals surface area contributed by atoms with E-state index in [0.29, 0.717) is 23.9 Å². The van der Waals surface area contributed by atoms with Gasteiger partial charge in [0.15, 0.2) is 0 Å². The zero-order chi connectivity index (χ0) is 12.7. The molecule has 4 nitrogen and oxygen atoms in total. The third kappa shape index (κ3) is 4.95. The molecular formula is C13H20O4. The average molecular weight is 240 g/mol. The van der Waals surface area contributed by atoms with E-state index in [1.54, 1.807) is 27.2 Å². The summed E-state index contributed by atoms with van der Waals surface area (Å²) in [5.74, 6) is 2.12. The fourth-order valence-electron chi connectivity index (χ4n) is 1.43. The number of methoxy groups -OCH3 is 2. The quantitative estimate of drug-likeness (QED) is 0.742. The minimum Gasteiger partial charge on any atom is -0.496 e. The maximum atomic E-state index is 9.12. The summed E-state index contributed by atoms with van der Waals surface area (Å²) in [7, 11) is 3.21. The molecule has 0 bridgehead atoms. The van der Waals surface area contributed by atoms with E-state index >= 15 is 0 Å². The lowest BCUT2D eigenvalue weighted by atomic mass is 10.2. The van der Waals surface area contributed by atoms with E-state index in [4.69, 9.17) is 19.3 Å². The Balaban J connectivity index is 2.51. The summed E-state index contributed by atoms with van der Waals surface area (Å²) >= 11 is 0. The average Bonchev–Trinajstić information content (AvgIpc) is 2.34. The van der Waals surface area contributed by atoms with Gasteiger partial charge in [-0.3, -0.25) is 0 Å². The Morgan fingerprint density at radius 3 is 2.06 bits per heavy atom. The van der Waals surface area contributed by atoms with Crippen LogP contribution in [0.1, 0.15) is 19.8 Å². The lowest BCUT2D eigenvalue weighted by molar-refractivity contribution is 0.170. The largest absolute Gasteiger partial charge is 0.496 e. The fourth-order valence-corrected chi connectivity index (χ4v) is 1.43. The molecule has 0 aliphatic rings. The van der Waals surface area contributed by atoms with E-state index in [2.05, 4.69) is 0 Å². The second kappa shape index (κ2) is 7.01. The van der Waals surface area contributed by atoms with Crippen molar-refractivity contribution in [3.8, 4) is 17.2 Å². The van der Waals surface area contributed by atoms with E-state index in [1.807, 2.05) is 12.1 Å². The number of rotatable bonds is 7. The Labute approximate surface area is 102 Å². The van der Waals surface area contributed by atoms with Crippen molar-refractivity contribution in [3.63, 3.8) is 0 Å². The number of hydrogen-bond donors (Lipinski definition) is 1. The van der Waals surface area contributed by atoms with Crippen LogP contribution in [0.25, 0.3) is 0 Å². The van der Waals surface area contributed by atoms with Crippen LogP contribution in [0, 0.1) is 0 Å². The molecule has 0 saturated carbocycles. The molecule has 1 unspecified atom stereocenters. The van der Waals surface area contributed by atoms with Gasteiger partial charge >= 0.3 is 0 Å². The highest BCUT2D eigenvalue weighted by molar-refractivity contribution is 5.41. The third-order valence-electron chi connectivity index (χ3n) is 2.36. The molecular weight excluding hydrogens is 220 g/mol. The molecule has 0 heterocycles. The first-order chi connectivity index (χ1) is 8.15. The molecule has 17 heavy (non-hydrogen) atoms. The summed E-state index contributed by atoms with van der Waals surface area (Å²) in [5, 5.41) is 9.12. The Morgan fingerprint density at radius 1 is 1.06 bits per heavy atom. The molecule has 4 heteroatoms. The van der Waals surface area contributed by atoms with Gasteiger partial charge in [-0.1, -0.05) is 0 Å². The van der Waals surface area contributed by atoms with Crippen LogP contribution in [0.5, 0.6) is 17.2 Å². The molecule has 0 radical (unpaired) electrons. The van der Waals surface area contributed by atoms with Gasteiger partial charge in [-0.15, -0.1) is 0 Å². The smallest absolute Gasteiger partial charge is 0.126 e. The molecule has 1 rings (SSSR count). The fraction of sp³-hybridized carbons (Fsp3) is 0.538. The Morgan fingerprint density at radius 2 is 1.59 bits per heavy atom. The number of aliphatic hydroxyl groups is 1. The van der Waals surface area contributed by atoms with Crippen LogP contribution in [-0.4, -0.2) is 32.0 Å². The van der Waals surface area contributed by atoms with E-state index in [0.717, 1.165) is 12.8 Å². The van der Waals surface area contributed by atoms with Gasteiger partial charge < -0.3 is 19.3 Å². The zero-order valence-electron chi connectivity index (χ0n) is 10.6. The van der Waals surface area contributed by atoms with E-state index in [-0.39, 0.29) is 6.10 Å². The van der Waals surface area contributed by atoms with Crippen molar-refractivity contribution in [3.05, 3.63) is 18.2 Å².